The highest BCUT2D eigenvalue weighted by Gasteiger charge is 2.30. The predicted octanol–water partition coefficient (Wildman–Crippen LogP) is 20.9. The first-order chi connectivity index (χ1) is 44.0. The van der Waals surface area contributed by atoms with Gasteiger partial charge in [-0.2, -0.15) is 0 Å². The molecule has 0 fully saturated rings. The van der Waals surface area contributed by atoms with Crippen LogP contribution in [0.25, 0.3) is 0 Å². The van der Waals surface area contributed by atoms with E-state index >= 15 is 0 Å². The molecule has 0 rings (SSSR count). The number of hydrogen-bond donors (Lipinski definition) is 3. The number of aliphatic hydroxyl groups excluding tert-OH is 1. The van der Waals surface area contributed by atoms with Gasteiger partial charge in [0.25, 0.3) is 0 Å². The zero-order valence-corrected chi connectivity index (χ0v) is 60.8. The van der Waals surface area contributed by atoms with E-state index in [1.807, 2.05) is 0 Å². The third-order valence-corrected chi connectivity index (χ3v) is 18.7. The Kier molecular flexibility index (Phi) is 64.0. The van der Waals surface area contributed by atoms with E-state index in [2.05, 4.69) is 34.6 Å². The summed E-state index contributed by atoms with van der Waals surface area (Å²) in [6.07, 6.45) is 52.6. The van der Waals surface area contributed by atoms with E-state index in [0.717, 1.165) is 95.8 Å². The van der Waals surface area contributed by atoms with Crippen LogP contribution >= 0.6 is 15.6 Å². The Bertz CT molecular complexity index is 1750. The highest BCUT2D eigenvalue weighted by Crippen LogP contribution is 2.45. The molecule has 0 aromatic rings. The molecule has 0 heterocycles. The first kappa shape index (κ1) is 89.1. The largest absolute Gasteiger partial charge is 0.472 e. The molecule has 0 radical (unpaired) electrons. The van der Waals surface area contributed by atoms with Crippen molar-refractivity contribution in [2.24, 2.45) is 5.92 Å². The second-order valence-electron chi connectivity index (χ2n) is 26.5. The van der Waals surface area contributed by atoms with Gasteiger partial charge in [-0.1, -0.05) is 324 Å². The third kappa shape index (κ3) is 66.5. The summed E-state index contributed by atoms with van der Waals surface area (Å²) in [5.41, 5.74) is 0. The maximum atomic E-state index is 13.0. The smallest absolute Gasteiger partial charge is 0.462 e. The van der Waals surface area contributed by atoms with Gasteiger partial charge >= 0.3 is 39.5 Å². The van der Waals surface area contributed by atoms with Crippen molar-refractivity contribution in [3.63, 3.8) is 0 Å². The van der Waals surface area contributed by atoms with Crippen molar-refractivity contribution in [1.82, 2.24) is 0 Å². The molecule has 0 aliphatic rings. The number of ether oxygens (including phenoxy) is 4. The molecule has 0 amide bonds. The van der Waals surface area contributed by atoms with Gasteiger partial charge in [0.05, 0.1) is 26.4 Å². The van der Waals surface area contributed by atoms with Crippen LogP contribution in [0.15, 0.2) is 0 Å². The fraction of sp³-hybridized carbons (Fsp3) is 0.944. The molecule has 0 aromatic carbocycles. The molecule has 91 heavy (non-hydrogen) atoms. The van der Waals surface area contributed by atoms with E-state index in [9.17, 15) is 43.2 Å². The van der Waals surface area contributed by atoms with Crippen molar-refractivity contribution in [3.05, 3.63) is 0 Å². The molecule has 0 saturated heterocycles. The Morgan fingerprint density at radius 3 is 0.747 bits per heavy atom. The number of carbonyl (C=O) groups excluding carboxylic acids is 4. The predicted molar refractivity (Wildman–Crippen MR) is 368 cm³/mol. The van der Waals surface area contributed by atoms with Gasteiger partial charge in [-0.25, -0.2) is 9.13 Å². The fourth-order valence-electron chi connectivity index (χ4n) is 11.0. The van der Waals surface area contributed by atoms with Crippen LogP contribution in [0, 0.1) is 5.92 Å². The summed E-state index contributed by atoms with van der Waals surface area (Å²) >= 11 is 0. The number of carbonyl (C=O) groups is 4. The minimum atomic E-state index is -4.95. The molecule has 540 valence electrons. The molecule has 19 heteroatoms. The molecule has 3 N–H and O–H groups in total. The molecule has 17 nitrogen and oxygen atoms in total. The molecular formula is C72H140O17P2. The quantitative estimate of drug-likeness (QED) is 0.0222. The average molecular weight is 1340 g/mol. The first-order valence-electron chi connectivity index (χ1n) is 37.6. The Hall–Kier alpha value is -1.94. The molecular weight excluding hydrogens is 1200 g/mol. The van der Waals surface area contributed by atoms with Crippen LogP contribution in [0.4, 0.5) is 0 Å². The van der Waals surface area contributed by atoms with E-state index in [1.54, 1.807) is 0 Å². The maximum Gasteiger partial charge on any atom is 0.472 e. The van der Waals surface area contributed by atoms with E-state index < -0.39 is 97.5 Å². The van der Waals surface area contributed by atoms with Gasteiger partial charge in [-0.3, -0.25) is 37.3 Å². The summed E-state index contributed by atoms with van der Waals surface area (Å²) in [4.78, 5) is 72.6. The summed E-state index contributed by atoms with van der Waals surface area (Å²) in [7, 11) is -9.90. The number of esters is 4. The van der Waals surface area contributed by atoms with E-state index in [-0.39, 0.29) is 25.7 Å². The van der Waals surface area contributed by atoms with Gasteiger partial charge in [0.1, 0.15) is 19.3 Å². The van der Waals surface area contributed by atoms with Gasteiger partial charge in [0.15, 0.2) is 12.2 Å². The van der Waals surface area contributed by atoms with Crippen molar-refractivity contribution in [2.45, 2.75) is 393 Å². The average Bonchev–Trinajstić information content (AvgIpc) is 3.73. The number of unbranched alkanes of at least 4 members (excludes halogenated alkanes) is 44. The topological polar surface area (TPSA) is 237 Å². The Balaban J connectivity index is 5.24. The van der Waals surface area contributed by atoms with Crippen LogP contribution < -0.4 is 0 Å². The van der Waals surface area contributed by atoms with E-state index in [4.69, 9.17) is 37.0 Å². The van der Waals surface area contributed by atoms with Crippen LogP contribution in [0.2, 0.25) is 0 Å². The summed E-state index contributed by atoms with van der Waals surface area (Å²) in [6, 6.07) is 0. The molecule has 0 bridgehead atoms. The van der Waals surface area contributed by atoms with Gasteiger partial charge in [0.2, 0.25) is 0 Å². The molecule has 0 aromatic heterocycles. The standard InChI is InChI=1S/C72H140O17P2/c1-6-9-12-15-18-21-24-26-27-28-30-33-36-42-47-52-57-71(76)88-67(61-83-70(75)56-51-46-41-35-32-29-25-22-19-16-13-10-7-2)63-86-90(78,79)84-59-66(73)60-85-91(80,81)87-64-68(89-72(77)58-53-48-43-38-37-39-44-49-54-65(4)5)62-82-69(74)55-50-45-40-34-31-23-20-17-14-11-8-3/h65-68,73H,6-64H2,1-5H3,(H,78,79)(H,80,81)/t66-,67-,68-/m1/s1. The van der Waals surface area contributed by atoms with E-state index in [0.29, 0.717) is 25.7 Å². The Morgan fingerprint density at radius 2 is 0.505 bits per heavy atom. The van der Waals surface area contributed by atoms with Crippen LogP contribution in [0.5, 0.6) is 0 Å². The number of phosphoric ester groups is 2. The Labute approximate surface area is 556 Å². The SMILES string of the molecule is CCCCCCCCCCCCCCCCCCC(=O)O[C@H](COC(=O)CCCCCCCCCCCCCCC)COP(=O)(O)OC[C@@H](O)COP(=O)(O)OC[C@@H](COC(=O)CCCCCCCCCCCCC)OC(=O)CCCCCCCCCCC(C)C. The summed E-state index contributed by atoms with van der Waals surface area (Å²) < 4.78 is 68.4. The van der Waals surface area contributed by atoms with Gasteiger partial charge in [0, 0.05) is 25.7 Å². The lowest BCUT2D eigenvalue weighted by molar-refractivity contribution is -0.161. The van der Waals surface area contributed by atoms with Gasteiger partial charge in [-0.05, 0) is 31.6 Å². The van der Waals surface area contributed by atoms with Crippen LogP contribution in [0.1, 0.15) is 375 Å². The number of phosphoric acid groups is 2. The van der Waals surface area contributed by atoms with E-state index in [1.165, 1.54) is 199 Å². The number of aliphatic hydroxyl groups is 1. The molecule has 2 unspecified atom stereocenters. The highest BCUT2D eigenvalue weighted by atomic mass is 31.2. The zero-order chi connectivity index (χ0) is 67.0. The maximum absolute atomic E-state index is 13.0. The number of rotatable bonds is 72. The van der Waals surface area contributed by atoms with Gasteiger partial charge in [-0.15, -0.1) is 0 Å². The molecule has 5 atom stereocenters. The number of hydrogen-bond acceptors (Lipinski definition) is 15. The van der Waals surface area contributed by atoms with Crippen LogP contribution in [-0.4, -0.2) is 96.7 Å². The second-order valence-corrected chi connectivity index (χ2v) is 29.4. The lowest BCUT2D eigenvalue weighted by Gasteiger charge is -2.21. The molecule has 0 saturated carbocycles. The highest BCUT2D eigenvalue weighted by molar-refractivity contribution is 7.47. The lowest BCUT2D eigenvalue weighted by Crippen LogP contribution is -2.30. The van der Waals surface area contributed by atoms with Crippen molar-refractivity contribution in [1.29, 1.82) is 0 Å². The summed E-state index contributed by atoms with van der Waals surface area (Å²) in [6.45, 7) is 7.23. The monoisotopic (exact) mass is 1340 g/mol. The van der Waals surface area contributed by atoms with Crippen molar-refractivity contribution >= 4 is 39.5 Å². The van der Waals surface area contributed by atoms with Crippen molar-refractivity contribution in [2.75, 3.05) is 39.6 Å². The lowest BCUT2D eigenvalue weighted by atomic mass is 10.0. The van der Waals surface area contributed by atoms with Crippen molar-refractivity contribution in [3.8, 4) is 0 Å². The first-order valence-corrected chi connectivity index (χ1v) is 40.6. The Morgan fingerprint density at radius 1 is 0.297 bits per heavy atom. The zero-order valence-electron chi connectivity index (χ0n) is 59.0. The third-order valence-electron chi connectivity index (χ3n) is 16.8. The minimum absolute atomic E-state index is 0.105. The molecule has 0 aliphatic carbocycles. The van der Waals surface area contributed by atoms with Crippen LogP contribution in [-0.2, 0) is 65.4 Å². The van der Waals surface area contributed by atoms with Crippen LogP contribution in [0.3, 0.4) is 0 Å². The van der Waals surface area contributed by atoms with Crippen molar-refractivity contribution < 1.29 is 80.2 Å². The fourth-order valence-corrected chi connectivity index (χ4v) is 12.6. The minimum Gasteiger partial charge on any atom is -0.462 e. The molecule has 0 spiro atoms. The molecule has 0 aliphatic heterocycles. The summed E-state index contributed by atoms with van der Waals surface area (Å²) in [5.74, 6) is -1.40. The summed E-state index contributed by atoms with van der Waals surface area (Å²) in [5, 5.41) is 10.6. The second kappa shape index (κ2) is 65.4. The normalized spacial score (nSPS) is 14.0. The van der Waals surface area contributed by atoms with Gasteiger partial charge < -0.3 is 33.8 Å².